The first-order valence-electron chi connectivity index (χ1n) is 2.14. The van der Waals surface area contributed by atoms with Crippen LogP contribution < -0.4 is 0 Å². The van der Waals surface area contributed by atoms with E-state index < -0.39 is 10.8 Å². The number of halogens is 2. The molecule has 0 aliphatic rings. The van der Waals surface area contributed by atoms with E-state index in [4.69, 9.17) is 10.5 Å². The molecule has 0 heterocycles. The van der Waals surface area contributed by atoms with Crippen LogP contribution in [0, 0.1) is 5.41 Å². The van der Waals surface area contributed by atoms with E-state index >= 15 is 0 Å². The van der Waals surface area contributed by atoms with E-state index in [1.54, 1.807) is 0 Å². The van der Waals surface area contributed by atoms with Crippen molar-refractivity contribution >= 4 is 41.2 Å². The predicted octanol–water partition coefficient (Wildman–Crippen LogP) is 1.03. The molecule has 1 atom stereocenters. The summed E-state index contributed by atoms with van der Waals surface area (Å²) in [6.45, 7) is 0. The summed E-state index contributed by atoms with van der Waals surface area (Å²) >= 11 is 5.36. The molecule has 0 aliphatic heterocycles. The van der Waals surface area contributed by atoms with Gasteiger partial charge in [0.2, 0.25) is 4.69 Å². The monoisotopic (exact) mass is 257 g/mol. The standard InChI is InChI=1S/C4H5Br2NO2/c5-3(7)1-2(8)4(6)9/h2,7-8H,1H2. The van der Waals surface area contributed by atoms with Crippen LogP contribution in [0.25, 0.3) is 0 Å². The van der Waals surface area contributed by atoms with E-state index in [0.717, 1.165) is 0 Å². The van der Waals surface area contributed by atoms with Crippen molar-refractivity contribution < 1.29 is 9.90 Å². The number of aliphatic hydroxyl groups is 1. The lowest BCUT2D eigenvalue weighted by Gasteiger charge is -2.00. The SMILES string of the molecule is N=C(Br)CC(O)C(=O)Br. The van der Waals surface area contributed by atoms with Gasteiger partial charge < -0.3 is 5.11 Å². The van der Waals surface area contributed by atoms with Crippen LogP contribution in [0.2, 0.25) is 0 Å². The molecule has 5 heteroatoms. The zero-order valence-corrected chi connectivity index (χ0v) is 7.57. The quantitative estimate of drug-likeness (QED) is 0.587. The van der Waals surface area contributed by atoms with Gasteiger partial charge in [-0.15, -0.1) is 0 Å². The molecule has 9 heavy (non-hydrogen) atoms. The summed E-state index contributed by atoms with van der Waals surface area (Å²) in [5, 5.41) is 15.5. The van der Waals surface area contributed by atoms with Crippen molar-refractivity contribution in [2.45, 2.75) is 12.5 Å². The van der Waals surface area contributed by atoms with Crippen LogP contribution in [0.3, 0.4) is 0 Å². The Morgan fingerprint density at radius 3 is 2.22 bits per heavy atom. The Morgan fingerprint density at radius 1 is 1.67 bits per heavy atom. The lowest BCUT2D eigenvalue weighted by molar-refractivity contribution is -0.117. The van der Waals surface area contributed by atoms with Crippen LogP contribution in [-0.2, 0) is 4.79 Å². The minimum Gasteiger partial charge on any atom is -0.384 e. The first kappa shape index (κ1) is 9.26. The number of hydrogen-bond acceptors (Lipinski definition) is 3. The lowest BCUT2D eigenvalue weighted by Crippen LogP contribution is -2.16. The molecule has 0 aromatic carbocycles. The summed E-state index contributed by atoms with van der Waals surface area (Å²) in [5.41, 5.74) is 0. The maximum Gasteiger partial charge on any atom is 0.226 e. The average Bonchev–Trinajstić information content (AvgIpc) is 1.63. The normalized spacial score (nSPS) is 12.8. The van der Waals surface area contributed by atoms with Crippen molar-refractivity contribution in [3.8, 4) is 0 Å². The minimum atomic E-state index is -1.10. The Morgan fingerprint density at radius 2 is 2.11 bits per heavy atom. The van der Waals surface area contributed by atoms with Crippen LogP contribution in [0.15, 0.2) is 0 Å². The molecular formula is C4H5Br2NO2. The van der Waals surface area contributed by atoms with Gasteiger partial charge in [0, 0.05) is 6.42 Å². The van der Waals surface area contributed by atoms with Crippen LogP contribution >= 0.6 is 31.9 Å². The number of rotatable bonds is 3. The van der Waals surface area contributed by atoms with Crippen LogP contribution in [0.4, 0.5) is 0 Å². The number of carbonyl (C=O) groups excluding carboxylic acids is 1. The molecular weight excluding hydrogens is 254 g/mol. The zero-order chi connectivity index (χ0) is 7.44. The molecule has 0 fully saturated rings. The maximum absolute atomic E-state index is 10.2. The fourth-order valence-electron chi connectivity index (χ4n) is 0.250. The van der Waals surface area contributed by atoms with Gasteiger partial charge in [-0.25, -0.2) is 0 Å². The van der Waals surface area contributed by atoms with E-state index in [1.807, 2.05) is 0 Å². The third kappa shape index (κ3) is 4.74. The number of hydrogen-bond donors (Lipinski definition) is 2. The van der Waals surface area contributed by atoms with E-state index in [1.165, 1.54) is 0 Å². The Hall–Kier alpha value is 0.260. The van der Waals surface area contributed by atoms with Gasteiger partial charge in [0.15, 0.2) is 0 Å². The molecule has 0 spiro atoms. The van der Waals surface area contributed by atoms with Crippen LogP contribution in [0.5, 0.6) is 0 Å². The summed E-state index contributed by atoms with van der Waals surface area (Å²) in [5.74, 6) is 0. The second-order valence-electron chi connectivity index (χ2n) is 1.43. The molecule has 0 saturated carbocycles. The average molecular weight is 259 g/mol. The molecule has 2 N–H and O–H groups in total. The summed E-state index contributed by atoms with van der Waals surface area (Å²) in [7, 11) is 0. The Labute approximate surface area is 69.2 Å². The van der Waals surface area contributed by atoms with Gasteiger partial charge in [0.1, 0.15) is 6.10 Å². The molecule has 52 valence electrons. The minimum absolute atomic E-state index is 0.0318. The fourth-order valence-corrected chi connectivity index (χ4v) is 0.719. The number of aliphatic hydroxyl groups excluding tert-OH is 1. The first-order valence-corrected chi connectivity index (χ1v) is 3.73. The smallest absolute Gasteiger partial charge is 0.226 e. The predicted molar refractivity (Wildman–Crippen MR) is 41.2 cm³/mol. The molecule has 0 rings (SSSR count). The Balaban J connectivity index is 3.63. The molecule has 0 aromatic rings. The van der Waals surface area contributed by atoms with Gasteiger partial charge in [-0.2, -0.15) is 0 Å². The van der Waals surface area contributed by atoms with E-state index in [9.17, 15) is 4.79 Å². The second-order valence-corrected chi connectivity index (χ2v) is 3.17. The van der Waals surface area contributed by atoms with Gasteiger partial charge in [-0.3, -0.25) is 10.2 Å². The highest BCUT2D eigenvalue weighted by molar-refractivity contribution is 9.18. The largest absolute Gasteiger partial charge is 0.384 e. The van der Waals surface area contributed by atoms with Crippen LogP contribution in [-0.4, -0.2) is 20.5 Å². The first-order chi connectivity index (χ1) is 4.04. The topological polar surface area (TPSA) is 61.1 Å². The number of carbonyl (C=O) groups is 1. The van der Waals surface area contributed by atoms with Gasteiger partial charge in [0.05, 0.1) is 4.62 Å². The molecule has 0 amide bonds. The highest BCUT2D eigenvalue weighted by Crippen LogP contribution is 2.02. The van der Waals surface area contributed by atoms with E-state index in [-0.39, 0.29) is 11.0 Å². The summed E-state index contributed by atoms with van der Waals surface area (Å²) in [4.78, 5) is 10.2. The van der Waals surface area contributed by atoms with Crippen molar-refractivity contribution in [3.63, 3.8) is 0 Å². The van der Waals surface area contributed by atoms with Gasteiger partial charge in [0.25, 0.3) is 0 Å². The van der Waals surface area contributed by atoms with Crippen molar-refractivity contribution in [3.05, 3.63) is 0 Å². The van der Waals surface area contributed by atoms with Gasteiger partial charge in [-0.1, -0.05) is 0 Å². The molecule has 0 radical (unpaired) electrons. The fraction of sp³-hybridized carbons (Fsp3) is 0.500. The number of nitrogens with one attached hydrogen (secondary N) is 1. The second kappa shape index (κ2) is 4.14. The highest BCUT2D eigenvalue weighted by Gasteiger charge is 2.11. The summed E-state index contributed by atoms with van der Waals surface area (Å²) < 4.78 is -0.380. The molecule has 0 aromatic heterocycles. The van der Waals surface area contributed by atoms with Crippen molar-refractivity contribution in [2.75, 3.05) is 0 Å². The van der Waals surface area contributed by atoms with E-state index in [2.05, 4.69) is 31.9 Å². The van der Waals surface area contributed by atoms with Crippen LogP contribution in [0.1, 0.15) is 6.42 Å². The summed E-state index contributed by atoms with van der Waals surface area (Å²) in [6, 6.07) is 0. The van der Waals surface area contributed by atoms with E-state index in [0.29, 0.717) is 0 Å². The molecule has 0 saturated heterocycles. The lowest BCUT2D eigenvalue weighted by atomic mass is 10.3. The summed E-state index contributed by atoms with van der Waals surface area (Å²) in [6.07, 6.45) is -1.07. The third-order valence-electron chi connectivity index (χ3n) is 0.635. The molecule has 0 aliphatic carbocycles. The Bertz CT molecular complexity index is 137. The van der Waals surface area contributed by atoms with Crippen molar-refractivity contribution in [1.82, 2.24) is 0 Å². The van der Waals surface area contributed by atoms with Gasteiger partial charge >= 0.3 is 0 Å². The molecule has 0 bridgehead atoms. The van der Waals surface area contributed by atoms with Crippen molar-refractivity contribution in [1.29, 1.82) is 5.41 Å². The Kier molecular flexibility index (Phi) is 4.26. The third-order valence-corrected chi connectivity index (χ3v) is 1.49. The highest BCUT2D eigenvalue weighted by atomic mass is 79.9. The van der Waals surface area contributed by atoms with Gasteiger partial charge in [-0.05, 0) is 31.9 Å². The maximum atomic E-state index is 10.2. The molecule has 1 unspecified atom stereocenters. The molecule has 3 nitrogen and oxygen atoms in total. The zero-order valence-electron chi connectivity index (χ0n) is 4.40. The van der Waals surface area contributed by atoms with Crippen molar-refractivity contribution in [2.24, 2.45) is 0 Å².